The second-order valence-electron chi connectivity index (χ2n) is 7.95. The quantitative estimate of drug-likeness (QED) is 0.605. The van der Waals surface area contributed by atoms with E-state index in [4.69, 9.17) is 0 Å². The van der Waals surface area contributed by atoms with Crippen molar-refractivity contribution in [2.24, 2.45) is 7.05 Å². The van der Waals surface area contributed by atoms with E-state index < -0.39 is 10.0 Å². The topological polar surface area (TPSA) is 54.3 Å². The van der Waals surface area contributed by atoms with Crippen LogP contribution in [0.1, 0.15) is 28.4 Å². The molecule has 0 aliphatic carbocycles. The molecule has 0 saturated heterocycles. The average Bonchev–Trinajstić information content (AvgIpc) is 3.19. The normalized spacial score (nSPS) is 15.6. The van der Waals surface area contributed by atoms with Gasteiger partial charge in [0.1, 0.15) is 0 Å². The van der Waals surface area contributed by atoms with Gasteiger partial charge in [0.2, 0.25) is 10.0 Å². The summed E-state index contributed by atoms with van der Waals surface area (Å²) in [4.78, 5) is 2.39. The zero-order valence-electron chi connectivity index (χ0n) is 17.4. The van der Waals surface area contributed by atoms with Gasteiger partial charge in [-0.2, -0.15) is 0 Å². The van der Waals surface area contributed by atoms with Crippen LogP contribution in [-0.2, 0) is 36.5 Å². The SMILES string of the molecule is Cn1cccc1C(CNS(=O)(=O)CCc1ccccc1)N1CCc2ccccc2C1. The fourth-order valence-corrected chi connectivity index (χ4v) is 5.26. The van der Waals surface area contributed by atoms with Crippen LogP contribution in [0.5, 0.6) is 0 Å². The molecule has 1 unspecified atom stereocenters. The minimum atomic E-state index is -3.36. The smallest absolute Gasteiger partial charge is 0.211 e. The Hall–Kier alpha value is -2.41. The van der Waals surface area contributed by atoms with E-state index in [-0.39, 0.29) is 11.8 Å². The molecule has 6 heteroatoms. The molecule has 4 rings (SSSR count). The molecule has 30 heavy (non-hydrogen) atoms. The number of aryl methyl sites for hydroxylation is 2. The fourth-order valence-electron chi connectivity index (χ4n) is 4.20. The summed E-state index contributed by atoms with van der Waals surface area (Å²) in [7, 11) is -1.35. The highest BCUT2D eigenvalue weighted by molar-refractivity contribution is 7.89. The number of nitrogens with zero attached hydrogens (tertiary/aromatic N) is 2. The molecular weight excluding hydrogens is 394 g/mol. The summed E-state index contributed by atoms with van der Waals surface area (Å²) in [6.07, 6.45) is 3.52. The molecule has 158 valence electrons. The number of aromatic nitrogens is 1. The van der Waals surface area contributed by atoms with Gasteiger partial charge in [-0.1, -0.05) is 54.6 Å². The molecule has 1 aromatic heterocycles. The molecule has 0 radical (unpaired) electrons. The van der Waals surface area contributed by atoms with E-state index in [9.17, 15) is 8.42 Å². The number of hydrogen-bond acceptors (Lipinski definition) is 3. The molecule has 0 fully saturated rings. The Kier molecular flexibility index (Phi) is 6.37. The number of rotatable bonds is 8. The lowest BCUT2D eigenvalue weighted by Crippen LogP contribution is -2.42. The van der Waals surface area contributed by atoms with Gasteiger partial charge >= 0.3 is 0 Å². The van der Waals surface area contributed by atoms with Crippen molar-refractivity contribution in [3.8, 4) is 0 Å². The Morgan fingerprint density at radius 3 is 2.43 bits per heavy atom. The van der Waals surface area contributed by atoms with Gasteiger partial charge < -0.3 is 4.57 Å². The zero-order chi connectivity index (χ0) is 21.0. The van der Waals surface area contributed by atoms with Crippen LogP contribution in [0.25, 0.3) is 0 Å². The zero-order valence-corrected chi connectivity index (χ0v) is 18.2. The van der Waals surface area contributed by atoms with Crippen molar-refractivity contribution in [1.29, 1.82) is 0 Å². The van der Waals surface area contributed by atoms with Crippen molar-refractivity contribution in [3.63, 3.8) is 0 Å². The van der Waals surface area contributed by atoms with Crippen molar-refractivity contribution < 1.29 is 8.42 Å². The van der Waals surface area contributed by atoms with Gasteiger partial charge in [-0.25, -0.2) is 13.1 Å². The summed E-state index contributed by atoms with van der Waals surface area (Å²) in [5, 5.41) is 0. The van der Waals surface area contributed by atoms with Crippen LogP contribution in [0.3, 0.4) is 0 Å². The van der Waals surface area contributed by atoms with Gasteiger partial charge in [0.15, 0.2) is 0 Å². The van der Waals surface area contributed by atoms with Crippen molar-refractivity contribution in [2.75, 3.05) is 18.8 Å². The lowest BCUT2D eigenvalue weighted by molar-refractivity contribution is 0.174. The lowest BCUT2D eigenvalue weighted by atomic mass is 9.98. The van der Waals surface area contributed by atoms with Crippen molar-refractivity contribution in [2.45, 2.75) is 25.4 Å². The van der Waals surface area contributed by atoms with E-state index in [0.717, 1.165) is 30.8 Å². The van der Waals surface area contributed by atoms with Crippen LogP contribution in [0.15, 0.2) is 72.9 Å². The number of benzene rings is 2. The van der Waals surface area contributed by atoms with Gasteiger partial charge in [-0.3, -0.25) is 4.90 Å². The van der Waals surface area contributed by atoms with Crippen LogP contribution < -0.4 is 4.72 Å². The van der Waals surface area contributed by atoms with Gasteiger partial charge in [0.25, 0.3) is 0 Å². The Labute approximate surface area is 179 Å². The minimum absolute atomic E-state index is 0.00939. The molecule has 1 atom stereocenters. The van der Waals surface area contributed by atoms with E-state index in [1.165, 1.54) is 11.1 Å². The average molecular weight is 424 g/mol. The first kappa shape index (κ1) is 20.8. The van der Waals surface area contributed by atoms with Crippen molar-refractivity contribution >= 4 is 10.0 Å². The summed E-state index contributed by atoms with van der Waals surface area (Å²) in [5.74, 6) is 0.0969. The molecule has 0 amide bonds. The molecule has 0 saturated carbocycles. The van der Waals surface area contributed by atoms with E-state index in [1.807, 2.05) is 49.6 Å². The van der Waals surface area contributed by atoms with Crippen LogP contribution in [0.2, 0.25) is 0 Å². The van der Waals surface area contributed by atoms with Crippen LogP contribution in [0, 0.1) is 0 Å². The predicted octanol–water partition coefficient (Wildman–Crippen LogP) is 3.29. The maximum atomic E-state index is 12.7. The van der Waals surface area contributed by atoms with Gasteiger partial charge in [0.05, 0.1) is 11.8 Å². The Balaban J connectivity index is 1.47. The highest BCUT2D eigenvalue weighted by atomic mass is 32.2. The van der Waals surface area contributed by atoms with E-state index >= 15 is 0 Å². The molecule has 2 heterocycles. The monoisotopic (exact) mass is 423 g/mol. The van der Waals surface area contributed by atoms with Gasteiger partial charge in [0, 0.05) is 38.6 Å². The number of fused-ring (bicyclic) bond motifs is 1. The van der Waals surface area contributed by atoms with Gasteiger partial charge in [-0.05, 0) is 41.7 Å². The van der Waals surface area contributed by atoms with Crippen molar-refractivity contribution in [3.05, 3.63) is 95.3 Å². The molecule has 2 aromatic carbocycles. The first-order chi connectivity index (χ1) is 14.5. The second-order valence-corrected chi connectivity index (χ2v) is 9.88. The van der Waals surface area contributed by atoms with E-state index in [2.05, 4.69) is 44.5 Å². The summed E-state index contributed by atoms with van der Waals surface area (Å²) >= 11 is 0. The standard InChI is InChI=1S/C24H29N3O2S/c1-26-15-7-12-23(26)24(27-16-13-21-10-5-6-11-22(21)19-27)18-25-30(28,29)17-14-20-8-3-2-4-9-20/h2-12,15,24-25H,13-14,16-19H2,1H3. The maximum Gasteiger partial charge on any atom is 0.211 e. The first-order valence-corrected chi connectivity index (χ1v) is 12.1. The van der Waals surface area contributed by atoms with Crippen LogP contribution in [0.4, 0.5) is 0 Å². The summed E-state index contributed by atoms with van der Waals surface area (Å²) in [6, 6.07) is 22.4. The summed E-state index contributed by atoms with van der Waals surface area (Å²) in [5.41, 5.74) is 4.88. The molecule has 3 aromatic rings. The molecule has 1 aliphatic heterocycles. The Morgan fingerprint density at radius 1 is 0.967 bits per heavy atom. The van der Waals surface area contributed by atoms with Crippen molar-refractivity contribution in [1.82, 2.24) is 14.2 Å². The van der Waals surface area contributed by atoms with E-state index in [1.54, 1.807) is 0 Å². The summed E-state index contributed by atoms with van der Waals surface area (Å²) < 4.78 is 30.4. The third kappa shape index (κ3) is 5.01. The minimum Gasteiger partial charge on any atom is -0.353 e. The highest BCUT2D eigenvalue weighted by Crippen LogP contribution is 2.27. The lowest BCUT2D eigenvalue weighted by Gasteiger charge is -2.36. The summed E-state index contributed by atoms with van der Waals surface area (Å²) in [6.45, 7) is 2.12. The van der Waals surface area contributed by atoms with Gasteiger partial charge in [-0.15, -0.1) is 0 Å². The van der Waals surface area contributed by atoms with Crippen LogP contribution >= 0.6 is 0 Å². The third-order valence-electron chi connectivity index (χ3n) is 5.93. The van der Waals surface area contributed by atoms with Crippen LogP contribution in [-0.4, -0.2) is 36.7 Å². The molecule has 0 spiro atoms. The fraction of sp³-hybridized carbons (Fsp3) is 0.333. The van der Waals surface area contributed by atoms with E-state index in [0.29, 0.717) is 13.0 Å². The maximum absolute atomic E-state index is 12.7. The number of nitrogens with one attached hydrogen (secondary N) is 1. The third-order valence-corrected chi connectivity index (χ3v) is 7.27. The molecule has 1 aliphatic rings. The number of sulfonamides is 1. The molecule has 1 N–H and O–H groups in total. The molecule has 5 nitrogen and oxygen atoms in total. The highest BCUT2D eigenvalue weighted by Gasteiger charge is 2.27. The second kappa shape index (κ2) is 9.16. The molecule has 0 bridgehead atoms. The Morgan fingerprint density at radius 2 is 1.70 bits per heavy atom. The molecular formula is C24H29N3O2S. The number of hydrogen-bond donors (Lipinski definition) is 1. The Bertz CT molecular complexity index is 1080. The predicted molar refractivity (Wildman–Crippen MR) is 121 cm³/mol. The first-order valence-electron chi connectivity index (χ1n) is 10.5. The largest absolute Gasteiger partial charge is 0.353 e.